The van der Waals surface area contributed by atoms with Gasteiger partial charge in [0, 0.05) is 25.6 Å². The lowest BCUT2D eigenvalue weighted by Gasteiger charge is -2.22. The Kier molecular flexibility index (Phi) is 8.19. The number of methoxy groups -OCH3 is 1. The van der Waals surface area contributed by atoms with Gasteiger partial charge >= 0.3 is 0 Å². The third-order valence-corrected chi connectivity index (χ3v) is 4.26. The minimum absolute atomic E-state index is 0. The fraction of sp³-hybridized carbons (Fsp3) is 0.556. The summed E-state index contributed by atoms with van der Waals surface area (Å²) >= 11 is 0. The fourth-order valence-electron chi connectivity index (χ4n) is 3.07. The second-order valence-electron chi connectivity index (χ2n) is 6.65. The molecule has 1 saturated heterocycles. The zero-order valence-corrected chi connectivity index (χ0v) is 15.8. The number of rotatable bonds is 7. The van der Waals surface area contributed by atoms with Crippen LogP contribution in [0.3, 0.4) is 0 Å². The van der Waals surface area contributed by atoms with E-state index in [9.17, 15) is 9.59 Å². The van der Waals surface area contributed by atoms with Crippen molar-refractivity contribution in [3.8, 4) is 5.75 Å². The van der Waals surface area contributed by atoms with E-state index < -0.39 is 0 Å². The molecule has 1 heterocycles. The number of nitrogens with zero attached hydrogens (tertiary/aromatic N) is 1. The molecule has 0 spiro atoms. The van der Waals surface area contributed by atoms with Gasteiger partial charge in [0.25, 0.3) is 0 Å². The van der Waals surface area contributed by atoms with Crippen LogP contribution in [0.1, 0.15) is 26.7 Å². The van der Waals surface area contributed by atoms with Gasteiger partial charge in [0.1, 0.15) is 5.75 Å². The van der Waals surface area contributed by atoms with Gasteiger partial charge in [-0.3, -0.25) is 9.59 Å². The van der Waals surface area contributed by atoms with Crippen molar-refractivity contribution in [2.24, 2.45) is 17.6 Å². The number of nitrogens with two attached hydrogens (primary N) is 1. The van der Waals surface area contributed by atoms with Gasteiger partial charge < -0.3 is 20.7 Å². The van der Waals surface area contributed by atoms with Crippen molar-refractivity contribution in [1.29, 1.82) is 0 Å². The van der Waals surface area contributed by atoms with E-state index in [1.807, 2.05) is 24.3 Å². The lowest BCUT2D eigenvalue weighted by molar-refractivity contribution is -0.127. The van der Waals surface area contributed by atoms with Crippen LogP contribution in [-0.4, -0.2) is 38.1 Å². The van der Waals surface area contributed by atoms with Gasteiger partial charge in [-0.05, 0) is 24.5 Å². The molecule has 0 aromatic heterocycles. The van der Waals surface area contributed by atoms with Crippen LogP contribution < -0.4 is 20.7 Å². The monoisotopic (exact) mass is 369 g/mol. The molecule has 2 rings (SSSR count). The quantitative estimate of drug-likeness (QED) is 0.769. The van der Waals surface area contributed by atoms with Crippen LogP contribution >= 0.6 is 12.4 Å². The summed E-state index contributed by atoms with van der Waals surface area (Å²) in [5.74, 6) is 0.564. The fourth-order valence-corrected chi connectivity index (χ4v) is 3.07. The summed E-state index contributed by atoms with van der Waals surface area (Å²) in [4.78, 5) is 26.5. The van der Waals surface area contributed by atoms with Crippen molar-refractivity contribution in [3.63, 3.8) is 0 Å². The van der Waals surface area contributed by atoms with Gasteiger partial charge in [-0.25, -0.2) is 0 Å². The molecule has 1 aromatic rings. The molecule has 0 radical (unpaired) electrons. The summed E-state index contributed by atoms with van der Waals surface area (Å²) in [6.07, 6.45) is 1.04. The van der Waals surface area contributed by atoms with Crippen molar-refractivity contribution in [3.05, 3.63) is 24.3 Å². The number of nitrogens with one attached hydrogen (secondary N) is 1. The molecular weight excluding hydrogens is 342 g/mol. The molecule has 1 aromatic carbocycles. The molecular formula is C18H28ClN3O3. The van der Waals surface area contributed by atoms with Crippen molar-refractivity contribution in [1.82, 2.24) is 5.32 Å². The number of halogens is 1. The molecule has 2 atom stereocenters. The highest BCUT2D eigenvalue weighted by Crippen LogP contribution is 2.32. The van der Waals surface area contributed by atoms with Crippen molar-refractivity contribution >= 4 is 29.9 Å². The number of carbonyl (C=O) groups is 2. The second kappa shape index (κ2) is 9.63. The number of hydrogen-bond acceptors (Lipinski definition) is 4. The van der Waals surface area contributed by atoms with E-state index in [2.05, 4.69) is 19.2 Å². The topological polar surface area (TPSA) is 84.7 Å². The lowest BCUT2D eigenvalue weighted by Crippen LogP contribution is -2.44. The summed E-state index contributed by atoms with van der Waals surface area (Å²) in [6, 6.07) is 7.30. The van der Waals surface area contributed by atoms with Crippen molar-refractivity contribution in [2.45, 2.75) is 32.7 Å². The Balaban J connectivity index is 0.00000312. The number of anilines is 1. The van der Waals surface area contributed by atoms with Gasteiger partial charge in [-0.2, -0.15) is 0 Å². The van der Waals surface area contributed by atoms with Gasteiger partial charge in [0.15, 0.2) is 0 Å². The Morgan fingerprint density at radius 1 is 1.40 bits per heavy atom. The van der Waals surface area contributed by atoms with Crippen molar-refractivity contribution in [2.75, 3.05) is 25.1 Å². The third kappa shape index (κ3) is 5.34. The molecule has 2 amide bonds. The van der Waals surface area contributed by atoms with E-state index in [0.717, 1.165) is 6.42 Å². The first-order chi connectivity index (χ1) is 11.5. The highest BCUT2D eigenvalue weighted by molar-refractivity contribution is 6.01. The zero-order chi connectivity index (χ0) is 17.7. The predicted octanol–water partition coefficient (Wildman–Crippen LogP) is 1.96. The summed E-state index contributed by atoms with van der Waals surface area (Å²) in [6.45, 7) is 4.96. The van der Waals surface area contributed by atoms with Crippen LogP contribution in [0.25, 0.3) is 0 Å². The summed E-state index contributed by atoms with van der Waals surface area (Å²) in [5.41, 5.74) is 6.45. The van der Waals surface area contributed by atoms with E-state index in [1.165, 1.54) is 0 Å². The Morgan fingerprint density at radius 3 is 2.68 bits per heavy atom. The number of carbonyl (C=O) groups excluding carboxylic acids is 2. The average Bonchev–Trinajstić information content (AvgIpc) is 2.95. The molecule has 1 aliphatic heterocycles. The smallest absolute Gasteiger partial charge is 0.227 e. The zero-order valence-electron chi connectivity index (χ0n) is 15.0. The number of benzene rings is 1. The predicted molar refractivity (Wildman–Crippen MR) is 101 cm³/mol. The van der Waals surface area contributed by atoms with Crippen LogP contribution in [-0.2, 0) is 9.59 Å². The molecule has 6 nitrogen and oxygen atoms in total. The normalized spacial score (nSPS) is 18.0. The van der Waals surface area contributed by atoms with Gasteiger partial charge in [0.05, 0.1) is 18.7 Å². The van der Waals surface area contributed by atoms with E-state index >= 15 is 0 Å². The van der Waals surface area contributed by atoms with E-state index in [0.29, 0.717) is 30.4 Å². The Bertz CT molecular complexity index is 595. The lowest BCUT2D eigenvalue weighted by atomic mass is 10.0. The number of ether oxygens (including phenoxy) is 1. The van der Waals surface area contributed by atoms with Crippen molar-refractivity contribution < 1.29 is 14.3 Å². The first-order valence-electron chi connectivity index (χ1n) is 8.40. The number of amides is 2. The summed E-state index contributed by atoms with van der Waals surface area (Å²) in [5, 5.41) is 2.99. The Morgan fingerprint density at radius 2 is 2.08 bits per heavy atom. The van der Waals surface area contributed by atoms with Crippen LogP contribution in [0.15, 0.2) is 24.3 Å². The van der Waals surface area contributed by atoms with E-state index in [4.69, 9.17) is 10.5 Å². The largest absolute Gasteiger partial charge is 0.495 e. The van der Waals surface area contributed by atoms with Gasteiger partial charge in [-0.15, -0.1) is 12.4 Å². The first kappa shape index (κ1) is 21.3. The number of para-hydroxylation sites is 2. The molecule has 7 heteroatoms. The first-order valence-corrected chi connectivity index (χ1v) is 8.40. The molecule has 25 heavy (non-hydrogen) atoms. The van der Waals surface area contributed by atoms with Gasteiger partial charge in [-0.1, -0.05) is 26.0 Å². The third-order valence-electron chi connectivity index (χ3n) is 4.26. The molecule has 2 unspecified atom stereocenters. The van der Waals surface area contributed by atoms with E-state index in [1.54, 1.807) is 12.0 Å². The molecule has 0 bridgehead atoms. The molecule has 3 N–H and O–H groups in total. The maximum atomic E-state index is 12.5. The average molecular weight is 370 g/mol. The highest BCUT2D eigenvalue weighted by atomic mass is 35.5. The SMILES string of the molecule is COc1ccccc1N1CC(C(=O)NC(CN)CC(C)C)CC1=O.Cl. The summed E-state index contributed by atoms with van der Waals surface area (Å²) in [7, 11) is 1.57. The highest BCUT2D eigenvalue weighted by Gasteiger charge is 2.36. The van der Waals surface area contributed by atoms with Crippen LogP contribution in [0, 0.1) is 11.8 Å². The standard InChI is InChI=1S/C18H27N3O3.ClH/c1-12(2)8-14(10-19)20-18(23)13-9-17(22)21(11-13)15-6-4-5-7-16(15)24-3;/h4-7,12-14H,8-11,19H2,1-3H3,(H,20,23);1H. The Labute approximate surface area is 155 Å². The Hall–Kier alpha value is -1.79. The van der Waals surface area contributed by atoms with Crippen LogP contribution in [0.4, 0.5) is 5.69 Å². The molecule has 0 saturated carbocycles. The molecule has 1 fully saturated rings. The van der Waals surface area contributed by atoms with Crippen LogP contribution in [0.5, 0.6) is 5.75 Å². The molecule has 1 aliphatic rings. The minimum atomic E-state index is -0.358. The maximum Gasteiger partial charge on any atom is 0.227 e. The van der Waals surface area contributed by atoms with Gasteiger partial charge in [0.2, 0.25) is 11.8 Å². The summed E-state index contributed by atoms with van der Waals surface area (Å²) < 4.78 is 5.32. The maximum absolute atomic E-state index is 12.5. The molecule has 140 valence electrons. The molecule has 0 aliphatic carbocycles. The minimum Gasteiger partial charge on any atom is -0.495 e. The number of hydrogen-bond donors (Lipinski definition) is 2. The van der Waals surface area contributed by atoms with E-state index in [-0.39, 0.29) is 42.6 Å². The second-order valence-corrected chi connectivity index (χ2v) is 6.65. The van der Waals surface area contributed by atoms with Crippen LogP contribution in [0.2, 0.25) is 0 Å².